The lowest BCUT2D eigenvalue weighted by molar-refractivity contribution is 0.0972. The predicted octanol–water partition coefficient (Wildman–Crippen LogP) is 3.43. The number of benzene rings is 3. The van der Waals surface area contributed by atoms with Crippen molar-refractivity contribution in [3.05, 3.63) is 88.0 Å². The number of aryl methyl sites for hydroxylation is 1. The van der Waals surface area contributed by atoms with Gasteiger partial charge in [-0.25, -0.2) is 0 Å². The number of aromatic hydroxyl groups is 2. The molecule has 0 fully saturated rings. The third-order valence-corrected chi connectivity index (χ3v) is 4.64. The van der Waals surface area contributed by atoms with E-state index in [0.717, 1.165) is 11.6 Å². The van der Waals surface area contributed by atoms with Crippen LogP contribution < -0.4 is 5.32 Å². The topological polar surface area (TPSA) is 104 Å². The Morgan fingerprint density at radius 2 is 1.54 bits per heavy atom. The molecule has 4 rings (SSSR count). The van der Waals surface area contributed by atoms with Gasteiger partial charge in [0.2, 0.25) is 5.78 Å². The van der Waals surface area contributed by atoms with Gasteiger partial charge in [-0.15, -0.1) is 0 Å². The van der Waals surface area contributed by atoms with Gasteiger partial charge in [0.25, 0.3) is 5.91 Å². The zero-order chi connectivity index (χ0) is 20.0. The fourth-order valence-electron chi connectivity index (χ4n) is 3.34. The van der Waals surface area contributed by atoms with E-state index in [-0.39, 0.29) is 33.6 Å². The van der Waals surface area contributed by atoms with E-state index in [1.807, 2.05) is 13.0 Å². The van der Waals surface area contributed by atoms with Crippen LogP contribution >= 0.6 is 0 Å². The van der Waals surface area contributed by atoms with E-state index in [1.54, 1.807) is 18.2 Å². The van der Waals surface area contributed by atoms with Crippen LogP contribution in [0.3, 0.4) is 0 Å². The molecule has 28 heavy (non-hydrogen) atoms. The molecule has 3 aromatic rings. The van der Waals surface area contributed by atoms with Crippen molar-refractivity contribution in [1.82, 2.24) is 0 Å². The summed E-state index contributed by atoms with van der Waals surface area (Å²) in [7, 11) is 0. The second-order valence-electron chi connectivity index (χ2n) is 6.60. The summed E-state index contributed by atoms with van der Waals surface area (Å²) in [6, 6.07) is 13.8. The summed E-state index contributed by atoms with van der Waals surface area (Å²) in [5, 5.41) is 23.0. The number of carbonyl (C=O) groups is 3. The van der Waals surface area contributed by atoms with Gasteiger partial charge in [0.05, 0.1) is 11.1 Å². The maximum Gasteiger partial charge on any atom is 0.255 e. The molecule has 0 atom stereocenters. The highest BCUT2D eigenvalue weighted by Crippen LogP contribution is 2.37. The Bertz CT molecular complexity index is 1180. The van der Waals surface area contributed by atoms with Gasteiger partial charge in [0.15, 0.2) is 5.78 Å². The number of rotatable bonds is 2. The van der Waals surface area contributed by atoms with Crippen LogP contribution in [0.4, 0.5) is 5.69 Å². The average Bonchev–Trinajstić information content (AvgIpc) is 2.65. The largest absolute Gasteiger partial charge is 0.507 e. The summed E-state index contributed by atoms with van der Waals surface area (Å²) in [6.45, 7) is 1.89. The summed E-state index contributed by atoms with van der Waals surface area (Å²) in [4.78, 5) is 38.2. The van der Waals surface area contributed by atoms with E-state index in [2.05, 4.69) is 5.32 Å². The van der Waals surface area contributed by atoms with Gasteiger partial charge in [0, 0.05) is 22.4 Å². The fourth-order valence-corrected chi connectivity index (χ4v) is 3.34. The highest BCUT2D eigenvalue weighted by atomic mass is 16.3. The first-order valence-electron chi connectivity index (χ1n) is 8.53. The number of hydrogen-bond donors (Lipinski definition) is 3. The molecular weight excluding hydrogens is 358 g/mol. The number of hydrogen-bond acceptors (Lipinski definition) is 5. The lowest BCUT2D eigenvalue weighted by Gasteiger charge is -2.20. The van der Waals surface area contributed by atoms with Crippen LogP contribution in [0.2, 0.25) is 0 Å². The molecule has 6 nitrogen and oxygen atoms in total. The van der Waals surface area contributed by atoms with Crippen molar-refractivity contribution in [1.29, 1.82) is 0 Å². The van der Waals surface area contributed by atoms with Crippen LogP contribution in [0, 0.1) is 6.92 Å². The molecule has 0 heterocycles. The summed E-state index contributed by atoms with van der Waals surface area (Å²) in [5.41, 5.74) is 1.18. The van der Waals surface area contributed by atoms with E-state index in [4.69, 9.17) is 0 Å². The van der Waals surface area contributed by atoms with E-state index in [9.17, 15) is 24.6 Å². The monoisotopic (exact) mass is 373 g/mol. The molecular formula is C22H15NO5. The van der Waals surface area contributed by atoms with Gasteiger partial charge in [0.1, 0.15) is 11.5 Å². The number of fused-ring (bicyclic) bond motifs is 2. The predicted molar refractivity (Wildman–Crippen MR) is 102 cm³/mol. The van der Waals surface area contributed by atoms with Crippen LogP contribution in [0.5, 0.6) is 11.5 Å². The molecule has 0 radical (unpaired) electrons. The zero-order valence-electron chi connectivity index (χ0n) is 14.8. The molecule has 3 N–H and O–H groups in total. The minimum atomic E-state index is -0.661. The molecule has 3 aromatic carbocycles. The van der Waals surface area contributed by atoms with E-state index in [0.29, 0.717) is 5.69 Å². The minimum Gasteiger partial charge on any atom is -0.507 e. The third kappa shape index (κ3) is 2.72. The highest BCUT2D eigenvalue weighted by molar-refractivity contribution is 6.30. The molecule has 0 saturated carbocycles. The smallest absolute Gasteiger partial charge is 0.255 e. The number of nitrogens with one attached hydrogen (secondary N) is 1. The SMILES string of the molecule is Cc1cccc(NC(=O)c2cc(O)c3c(c2)C(=O)c2cccc(O)c2C3=O)c1. The van der Waals surface area contributed by atoms with Gasteiger partial charge in [-0.1, -0.05) is 24.3 Å². The Hall–Kier alpha value is -3.93. The Morgan fingerprint density at radius 3 is 2.29 bits per heavy atom. The lowest BCUT2D eigenvalue weighted by Crippen LogP contribution is -2.22. The Balaban J connectivity index is 1.78. The van der Waals surface area contributed by atoms with Crippen LogP contribution in [-0.2, 0) is 0 Å². The maximum atomic E-state index is 12.8. The van der Waals surface area contributed by atoms with E-state index in [1.165, 1.54) is 24.3 Å². The van der Waals surface area contributed by atoms with Crippen molar-refractivity contribution in [2.45, 2.75) is 6.92 Å². The molecule has 0 spiro atoms. The Morgan fingerprint density at radius 1 is 0.821 bits per heavy atom. The van der Waals surface area contributed by atoms with Crippen molar-refractivity contribution in [3.8, 4) is 11.5 Å². The Labute approximate surface area is 160 Å². The molecule has 0 unspecified atom stereocenters. The number of amides is 1. The van der Waals surface area contributed by atoms with Crippen molar-refractivity contribution >= 4 is 23.2 Å². The summed E-state index contributed by atoms with van der Waals surface area (Å²) >= 11 is 0. The molecule has 138 valence electrons. The number of carbonyl (C=O) groups excluding carboxylic acids is 3. The van der Waals surface area contributed by atoms with E-state index < -0.39 is 23.2 Å². The third-order valence-electron chi connectivity index (χ3n) is 4.64. The summed E-state index contributed by atoms with van der Waals surface area (Å²) in [5.74, 6) is -2.54. The zero-order valence-corrected chi connectivity index (χ0v) is 14.8. The number of ketones is 2. The Kier molecular flexibility index (Phi) is 3.96. The van der Waals surface area contributed by atoms with Crippen molar-refractivity contribution in [3.63, 3.8) is 0 Å². The van der Waals surface area contributed by atoms with Gasteiger partial charge in [-0.2, -0.15) is 0 Å². The van der Waals surface area contributed by atoms with Crippen LogP contribution in [0.15, 0.2) is 54.6 Å². The molecule has 0 aromatic heterocycles. The molecule has 0 bridgehead atoms. The van der Waals surface area contributed by atoms with Gasteiger partial charge in [-0.3, -0.25) is 14.4 Å². The van der Waals surface area contributed by atoms with Crippen LogP contribution in [0.25, 0.3) is 0 Å². The lowest BCUT2D eigenvalue weighted by atomic mass is 9.82. The van der Waals surface area contributed by atoms with Gasteiger partial charge >= 0.3 is 0 Å². The molecule has 1 amide bonds. The van der Waals surface area contributed by atoms with Gasteiger partial charge in [-0.05, 0) is 42.8 Å². The number of anilines is 1. The van der Waals surface area contributed by atoms with Crippen molar-refractivity contribution < 1.29 is 24.6 Å². The summed E-state index contributed by atoms with van der Waals surface area (Å²) < 4.78 is 0. The average molecular weight is 373 g/mol. The van der Waals surface area contributed by atoms with Crippen LogP contribution in [0.1, 0.15) is 47.8 Å². The first kappa shape index (κ1) is 17.5. The number of phenolic OH excluding ortho intramolecular Hbond substituents is 2. The molecule has 1 aliphatic rings. The van der Waals surface area contributed by atoms with E-state index >= 15 is 0 Å². The van der Waals surface area contributed by atoms with Crippen molar-refractivity contribution in [2.75, 3.05) is 5.32 Å². The van der Waals surface area contributed by atoms with Crippen molar-refractivity contribution in [2.24, 2.45) is 0 Å². The second-order valence-corrected chi connectivity index (χ2v) is 6.60. The normalized spacial score (nSPS) is 12.3. The highest BCUT2D eigenvalue weighted by Gasteiger charge is 2.35. The quantitative estimate of drug-likeness (QED) is 0.499. The maximum absolute atomic E-state index is 12.8. The number of phenols is 2. The minimum absolute atomic E-state index is 0.0353. The van der Waals surface area contributed by atoms with Crippen LogP contribution in [-0.4, -0.2) is 27.7 Å². The summed E-state index contributed by atoms with van der Waals surface area (Å²) in [6.07, 6.45) is 0. The fraction of sp³-hybridized carbons (Fsp3) is 0.0455. The molecule has 1 aliphatic carbocycles. The molecule has 6 heteroatoms. The van der Waals surface area contributed by atoms with Gasteiger partial charge < -0.3 is 15.5 Å². The molecule has 0 saturated heterocycles. The second kappa shape index (κ2) is 6.35. The molecule has 0 aliphatic heterocycles. The standard InChI is InChI=1S/C22H15NO5/c1-11-4-2-5-13(8-11)23-22(28)12-9-15-19(17(25)10-12)21(27)18-14(20(15)26)6-3-7-16(18)24/h2-10,24-25H,1H3,(H,23,28). The first-order chi connectivity index (χ1) is 13.4. The first-order valence-corrected chi connectivity index (χ1v) is 8.53.